The molecule has 0 spiro atoms. The van der Waals surface area contributed by atoms with Gasteiger partial charge in [0.05, 0.1) is 36.7 Å². The highest BCUT2D eigenvalue weighted by Crippen LogP contribution is 2.34. The van der Waals surface area contributed by atoms with Crippen LogP contribution in [0.1, 0.15) is 35.7 Å². The molecule has 1 aliphatic carbocycles. The third-order valence-electron chi connectivity index (χ3n) is 6.97. The van der Waals surface area contributed by atoms with Crippen molar-refractivity contribution in [3.8, 4) is 11.3 Å². The Kier molecular flexibility index (Phi) is 5.19. The molecule has 3 atom stereocenters. The SMILES string of the molecule is CNc1cc(-c2cn([C@H]3CCOC3)c3ncccc23)nc2c(C(=O)N[C@H]3CC[C@@H]3OC)cnn12. The van der Waals surface area contributed by atoms with E-state index < -0.39 is 0 Å². The molecule has 10 heteroatoms. The number of hydrogen-bond acceptors (Lipinski definition) is 7. The van der Waals surface area contributed by atoms with E-state index in [-0.39, 0.29) is 24.1 Å². The van der Waals surface area contributed by atoms with Crippen molar-refractivity contribution in [2.24, 2.45) is 0 Å². The summed E-state index contributed by atoms with van der Waals surface area (Å²) < 4.78 is 14.9. The van der Waals surface area contributed by atoms with Crippen molar-refractivity contribution < 1.29 is 14.3 Å². The first-order valence-electron chi connectivity index (χ1n) is 11.6. The van der Waals surface area contributed by atoms with Gasteiger partial charge in [-0.05, 0) is 31.4 Å². The van der Waals surface area contributed by atoms with Crippen LogP contribution in [-0.2, 0) is 9.47 Å². The van der Waals surface area contributed by atoms with Crippen LogP contribution in [-0.4, -0.2) is 69.6 Å². The van der Waals surface area contributed by atoms with Gasteiger partial charge in [-0.3, -0.25) is 4.79 Å². The second-order valence-corrected chi connectivity index (χ2v) is 8.84. The smallest absolute Gasteiger partial charge is 0.257 e. The van der Waals surface area contributed by atoms with E-state index in [1.54, 1.807) is 24.0 Å². The van der Waals surface area contributed by atoms with Crippen LogP contribution >= 0.6 is 0 Å². The van der Waals surface area contributed by atoms with Crippen LogP contribution in [0.3, 0.4) is 0 Å². The Morgan fingerprint density at radius 2 is 2.18 bits per heavy atom. The summed E-state index contributed by atoms with van der Waals surface area (Å²) in [6.07, 6.45) is 8.34. The molecule has 176 valence electrons. The number of carbonyl (C=O) groups excluding carboxylic acids is 1. The van der Waals surface area contributed by atoms with Crippen LogP contribution in [0.25, 0.3) is 27.9 Å². The number of methoxy groups -OCH3 is 1. The minimum atomic E-state index is -0.194. The number of nitrogens with zero attached hydrogens (tertiary/aromatic N) is 5. The van der Waals surface area contributed by atoms with Gasteiger partial charge in [-0.2, -0.15) is 9.61 Å². The fraction of sp³-hybridized carbons (Fsp3) is 0.417. The second-order valence-electron chi connectivity index (χ2n) is 8.84. The standard InChI is InChI=1S/C24H27N7O3/c1-25-21-10-19(17-12-30(14-7-9-34-13-14)22-15(17)4-3-8-26-22)28-23-16(11-27-31(21)23)24(32)29-18-5-6-20(18)33-2/h3-4,8,10-12,14,18,20,25H,5-7,9,13H2,1-2H3,(H,29,32)/t14-,18-,20-/m0/s1. The van der Waals surface area contributed by atoms with Gasteiger partial charge in [-0.25, -0.2) is 9.97 Å². The first-order valence-corrected chi connectivity index (χ1v) is 11.6. The van der Waals surface area contributed by atoms with Crippen LogP contribution in [0.4, 0.5) is 5.82 Å². The molecule has 2 fully saturated rings. The molecule has 34 heavy (non-hydrogen) atoms. The molecule has 0 aromatic carbocycles. The van der Waals surface area contributed by atoms with Gasteiger partial charge in [-0.15, -0.1) is 0 Å². The predicted octanol–water partition coefficient (Wildman–Crippen LogP) is 2.66. The van der Waals surface area contributed by atoms with Gasteiger partial charge in [0.2, 0.25) is 0 Å². The van der Waals surface area contributed by atoms with Gasteiger partial charge in [0, 0.05) is 50.2 Å². The van der Waals surface area contributed by atoms with E-state index in [9.17, 15) is 4.79 Å². The Morgan fingerprint density at radius 1 is 1.26 bits per heavy atom. The zero-order valence-electron chi connectivity index (χ0n) is 19.2. The third kappa shape index (κ3) is 3.33. The molecule has 4 aromatic heterocycles. The van der Waals surface area contributed by atoms with Gasteiger partial charge in [-0.1, -0.05) is 0 Å². The molecule has 0 bridgehead atoms. The summed E-state index contributed by atoms with van der Waals surface area (Å²) in [5.41, 5.74) is 3.55. The average Bonchev–Trinajstić information content (AvgIpc) is 3.59. The lowest BCUT2D eigenvalue weighted by Gasteiger charge is -2.35. The van der Waals surface area contributed by atoms with E-state index in [4.69, 9.17) is 14.5 Å². The average molecular weight is 462 g/mol. The monoisotopic (exact) mass is 461 g/mol. The van der Waals surface area contributed by atoms with Crippen LogP contribution in [0.5, 0.6) is 0 Å². The fourth-order valence-corrected chi connectivity index (χ4v) is 4.91. The Balaban J connectivity index is 1.45. The Bertz CT molecular complexity index is 1370. The number of pyridine rings is 1. The molecule has 1 saturated heterocycles. The first kappa shape index (κ1) is 21.1. The molecular formula is C24H27N7O3. The second kappa shape index (κ2) is 8.37. The van der Waals surface area contributed by atoms with E-state index in [0.29, 0.717) is 17.8 Å². The summed E-state index contributed by atoms with van der Waals surface area (Å²) in [6, 6.07) is 6.19. The lowest BCUT2D eigenvalue weighted by atomic mass is 9.89. The third-order valence-corrected chi connectivity index (χ3v) is 6.97. The lowest BCUT2D eigenvalue weighted by molar-refractivity contribution is 0.00732. The van der Waals surface area contributed by atoms with Gasteiger partial charge < -0.3 is 24.7 Å². The summed E-state index contributed by atoms with van der Waals surface area (Å²) in [6.45, 7) is 1.42. The number of anilines is 1. The van der Waals surface area contributed by atoms with Gasteiger partial charge in [0.15, 0.2) is 5.65 Å². The lowest BCUT2D eigenvalue weighted by Crippen LogP contribution is -2.51. The summed E-state index contributed by atoms with van der Waals surface area (Å²) in [5.74, 6) is 0.548. The van der Waals surface area contributed by atoms with Crippen molar-refractivity contribution in [2.45, 2.75) is 37.5 Å². The Labute approximate surface area is 196 Å². The number of carbonyl (C=O) groups is 1. The molecule has 4 aromatic rings. The normalized spacial score (nSPS) is 22.2. The maximum Gasteiger partial charge on any atom is 0.257 e. The van der Waals surface area contributed by atoms with Crippen LogP contribution < -0.4 is 10.6 Å². The van der Waals surface area contributed by atoms with Crippen molar-refractivity contribution in [3.63, 3.8) is 0 Å². The van der Waals surface area contributed by atoms with Crippen LogP contribution in [0.2, 0.25) is 0 Å². The maximum atomic E-state index is 13.1. The predicted molar refractivity (Wildman–Crippen MR) is 127 cm³/mol. The van der Waals surface area contributed by atoms with Crippen molar-refractivity contribution in [2.75, 3.05) is 32.7 Å². The molecule has 5 heterocycles. The highest BCUT2D eigenvalue weighted by Gasteiger charge is 2.33. The van der Waals surface area contributed by atoms with E-state index in [0.717, 1.165) is 54.0 Å². The molecule has 0 unspecified atom stereocenters. The fourth-order valence-electron chi connectivity index (χ4n) is 4.91. The largest absolute Gasteiger partial charge is 0.379 e. The minimum absolute atomic E-state index is 0.0112. The summed E-state index contributed by atoms with van der Waals surface area (Å²) in [5, 5.41) is 11.7. The summed E-state index contributed by atoms with van der Waals surface area (Å²) in [4.78, 5) is 22.7. The highest BCUT2D eigenvalue weighted by atomic mass is 16.5. The van der Waals surface area contributed by atoms with E-state index in [1.807, 2.05) is 19.2 Å². The van der Waals surface area contributed by atoms with Gasteiger partial charge in [0.25, 0.3) is 5.91 Å². The molecule has 6 rings (SSSR count). The molecule has 1 saturated carbocycles. The Morgan fingerprint density at radius 3 is 2.91 bits per heavy atom. The molecular weight excluding hydrogens is 434 g/mol. The number of nitrogens with one attached hydrogen (secondary N) is 2. The van der Waals surface area contributed by atoms with Crippen LogP contribution in [0.15, 0.2) is 36.8 Å². The quantitative estimate of drug-likeness (QED) is 0.455. The number of aromatic nitrogens is 5. The number of amides is 1. The van der Waals surface area contributed by atoms with E-state index in [2.05, 4.69) is 37.5 Å². The van der Waals surface area contributed by atoms with Crippen molar-refractivity contribution in [1.82, 2.24) is 29.5 Å². The number of hydrogen-bond donors (Lipinski definition) is 2. The zero-order chi connectivity index (χ0) is 23.2. The summed E-state index contributed by atoms with van der Waals surface area (Å²) >= 11 is 0. The number of fused-ring (bicyclic) bond motifs is 2. The van der Waals surface area contributed by atoms with Gasteiger partial charge in [0.1, 0.15) is 17.0 Å². The molecule has 0 radical (unpaired) electrons. The molecule has 2 aliphatic rings. The zero-order valence-corrected chi connectivity index (χ0v) is 19.2. The van der Waals surface area contributed by atoms with Crippen molar-refractivity contribution >= 4 is 28.4 Å². The number of ether oxygens (including phenoxy) is 2. The maximum absolute atomic E-state index is 13.1. The minimum Gasteiger partial charge on any atom is -0.379 e. The molecule has 2 N–H and O–H groups in total. The number of rotatable bonds is 6. The summed E-state index contributed by atoms with van der Waals surface area (Å²) in [7, 11) is 3.51. The Hall–Kier alpha value is -3.50. The van der Waals surface area contributed by atoms with Gasteiger partial charge >= 0.3 is 0 Å². The molecule has 10 nitrogen and oxygen atoms in total. The van der Waals surface area contributed by atoms with Crippen molar-refractivity contribution in [1.29, 1.82) is 0 Å². The molecule has 1 aliphatic heterocycles. The van der Waals surface area contributed by atoms with Crippen molar-refractivity contribution in [3.05, 3.63) is 42.4 Å². The van der Waals surface area contributed by atoms with Crippen LogP contribution in [0, 0.1) is 0 Å². The molecule has 1 amide bonds. The van der Waals surface area contributed by atoms with E-state index in [1.165, 1.54) is 0 Å². The topological polar surface area (TPSA) is 108 Å². The highest BCUT2D eigenvalue weighted by molar-refractivity contribution is 6.01. The van der Waals surface area contributed by atoms with E-state index >= 15 is 0 Å². The first-order chi connectivity index (χ1) is 16.7.